The Morgan fingerprint density at radius 3 is 2.69 bits per heavy atom. The molecule has 1 saturated carbocycles. The molecule has 0 saturated heterocycles. The minimum absolute atomic E-state index is 0.466. The molecule has 2 rings (SSSR count). The molecule has 0 aliphatic heterocycles. The number of nitrogens with zero attached hydrogens (tertiary/aromatic N) is 1. The molecule has 0 radical (unpaired) electrons. The largest absolute Gasteiger partial charge is 0.309 e. The molecule has 1 atom stereocenters. The van der Waals surface area contributed by atoms with Gasteiger partial charge in [-0.05, 0) is 32.1 Å². The molecule has 1 aliphatic carbocycles. The zero-order valence-electron chi connectivity index (χ0n) is 10.8. The monoisotopic (exact) mass is 238 g/mol. The summed E-state index contributed by atoms with van der Waals surface area (Å²) in [5.74, 6) is 0. The fraction of sp³-hybridized carbons (Fsp3) is 0.769. The van der Waals surface area contributed by atoms with Gasteiger partial charge in [0.05, 0.1) is 10.7 Å². The molecule has 1 aromatic heterocycles. The van der Waals surface area contributed by atoms with E-state index < -0.39 is 0 Å². The maximum Gasteiger partial charge on any atom is 0.0900 e. The zero-order chi connectivity index (χ0) is 11.8. The van der Waals surface area contributed by atoms with E-state index in [9.17, 15) is 0 Å². The average molecular weight is 238 g/mol. The van der Waals surface area contributed by atoms with Crippen LogP contribution in [0.2, 0.25) is 0 Å². The summed E-state index contributed by atoms with van der Waals surface area (Å²) in [6, 6.07) is 0.675. The van der Waals surface area contributed by atoms with E-state index in [4.69, 9.17) is 0 Å². The lowest BCUT2D eigenvalue weighted by Crippen LogP contribution is -2.37. The molecule has 1 unspecified atom stereocenters. The van der Waals surface area contributed by atoms with Gasteiger partial charge in [-0.25, -0.2) is 4.98 Å². The Hall–Kier alpha value is -0.410. The van der Waals surface area contributed by atoms with Crippen LogP contribution in [0.25, 0.3) is 0 Å². The van der Waals surface area contributed by atoms with Crippen LogP contribution in [0.1, 0.15) is 48.7 Å². The van der Waals surface area contributed by atoms with E-state index in [1.807, 2.05) is 11.3 Å². The van der Waals surface area contributed by atoms with Crippen molar-refractivity contribution in [3.8, 4) is 0 Å². The Balaban J connectivity index is 1.95. The van der Waals surface area contributed by atoms with Gasteiger partial charge in [-0.15, -0.1) is 11.3 Å². The van der Waals surface area contributed by atoms with Crippen LogP contribution in [0, 0.1) is 19.3 Å². The summed E-state index contributed by atoms with van der Waals surface area (Å²) < 4.78 is 0. The molecule has 1 aliphatic rings. The highest BCUT2D eigenvalue weighted by molar-refractivity contribution is 7.11. The predicted octanol–water partition coefficient (Wildman–Crippen LogP) is 3.43. The van der Waals surface area contributed by atoms with Crippen molar-refractivity contribution in [1.29, 1.82) is 0 Å². The van der Waals surface area contributed by atoms with Crippen LogP contribution in [0.4, 0.5) is 0 Å². The summed E-state index contributed by atoms with van der Waals surface area (Å²) in [7, 11) is 0. The van der Waals surface area contributed by atoms with E-state index in [0.29, 0.717) is 11.5 Å². The molecule has 1 N–H and O–H groups in total. The van der Waals surface area contributed by atoms with E-state index >= 15 is 0 Å². The first kappa shape index (κ1) is 12.1. The minimum atomic E-state index is 0.466. The molecule has 90 valence electrons. The third kappa shape index (κ3) is 2.46. The van der Waals surface area contributed by atoms with Crippen LogP contribution < -0.4 is 5.32 Å². The molecule has 1 heterocycles. The van der Waals surface area contributed by atoms with Gasteiger partial charge in [-0.1, -0.05) is 20.3 Å². The van der Waals surface area contributed by atoms with Crippen molar-refractivity contribution < 1.29 is 0 Å². The van der Waals surface area contributed by atoms with Crippen molar-refractivity contribution in [3.63, 3.8) is 0 Å². The lowest BCUT2D eigenvalue weighted by Gasteiger charge is -2.27. The molecule has 1 aromatic rings. The Morgan fingerprint density at radius 1 is 1.44 bits per heavy atom. The lowest BCUT2D eigenvalue weighted by atomic mass is 9.87. The van der Waals surface area contributed by atoms with Crippen LogP contribution in [-0.2, 0) is 6.54 Å². The van der Waals surface area contributed by atoms with Crippen LogP contribution in [-0.4, -0.2) is 11.0 Å². The third-order valence-corrected chi connectivity index (χ3v) is 4.84. The molecular formula is C13H22N2S. The maximum atomic E-state index is 4.47. The number of hydrogen-bond donors (Lipinski definition) is 1. The van der Waals surface area contributed by atoms with Gasteiger partial charge in [0, 0.05) is 17.5 Å². The molecule has 16 heavy (non-hydrogen) atoms. The lowest BCUT2D eigenvalue weighted by molar-refractivity contribution is 0.283. The Bertz CT molecular complexity index is 368. The highest BCUT2D eigenvalue weighted by atomic mass is 32.1. The molecule has 0 aromatic carbocycles. The van der Waals surface area contributed by atoms with Crippen molar-refractivity contribution in [3.05, 3.63) is 15.6 Å². The average Bonchev–Trinajstić information content (AvgIpc) is 2.66. The molecule has 3 heteroatoms. The van der Waals surface area contributed by atoms with Gasteiger partial charge >= 0.3 is 0 Å². The second-order valence-electron chi connectivity index (χ2n) is 5.56. The number of hydrogen-bond acceptors (Lipinski definition) is 3. The smallest absolute Gasteiger partial charge is 0.0900 e. The summed E-state index contributed by atoms with van der Waals surface area (Å²) in [5.41, 5.74) is 1.67. The summed E-state index contributed by atoms with van der Waals surface area (Å²) in [5, 5.41) is 4.89. The molecule has 0 spiro atoms. The predicted molar refractivity (Wildman–Crippen MR) is 69.8 cm³/mol. The number of aryl methyl sites for hydroxylation is 2. The van der Waals surface area contributed by atoms with E-state index in [1.165, 1.54) is 34.8 Å². The van der Waals surface area contributed by atoms with E-state index in [0.717, 1.165) is 6.54 Å². The normalized spacial score (nSPS) is 23.9. The van der Waals surface area contributed by atoms with Crippen molar-refractivity contribution in [1.82, 2.24) is 10.3 Å². The number of aromatic nitrogens is 1. The quantitative estimate of drug-likeness (QED) is 0.872. The third-order valence-electron chi connectivity index (χ3n) is 3.77. The highest BCUT2D eigenvalue weighted by Crippen LogP contribution is 2.37. The van der Waals surface area contributed by atoms with Crippen molar-refractivity contribution in [2.24, 2.45) is 5.41 Å². The van der Waals surface area contributed by atoms with Crippen LogP contribution in [0.5, 0.6) is 0 Å². The van der Waals surface area contributed by atoms with Crippen molar-refractivity contribution >= 4 is 11.3 Å². The Kier molecular flexibility index (Phi) is 3.36. The van der Waals surface area contributed by atoms with Gasteiger partial charge in [0.1, 0.15) is 0 Å². The van der Waals surface area contributed by atoms with Gasteiger partial charge in [0.15, 0.2) is 0 Å². The number of rotatable bonds is 3. The fourth-order valence-electron chi connectivity index (χ4n) is 2.66. The van der Waals surface area contributed by atoms with E-state index in [2.05, 4.69) is 38.0 Å². The van der Waals surface area contributed by atoms with E-state index in [1.54, 1.807) is 0 Å². The van der Waals surface area contributed by atoms with Gasteiger partial charge in [0.25, 0.3) is 0 Å². The topological polar surface area (TPSA) is 24.9 Å². The van der Waals surface area contributed by atoms with Gasteiger partial charge in [0.2, 0.25) is 0 Å². The van der Waals surface area contributed by atoms with Crippen LogP contribution in [0.15, 0.2) is 0 Å². The standard InChI is InChI=1S/C13H22N2S/c1-9-11(16-10(2)15-9)8-14-12-6-5-7-13(12,3)4/h12,14H,5-8H2,1-4H3. The second kappa shape index (κ2) is 4.46. The summed E-state index contributed by atoms with van der Waals surface area (Å²) >= 11 is 1.82. The SMILES string of the molecule is Cc1nc(C)c(CNC2CCCC2(C)C)s1. The van der Waals surface area contributed by atoms with E-state index in [-0.39, 0.29) is 0 Å². The van der Waals surface area contributed by atoms with Gasteiger partial charge in [-0.2, -0.15) is 0 Å². The molecule has 0 bridgehead atoms. The summed E-state index contributed by atoms with van der Waals surface area (Å²) in [4.78, 5) is 5.87. The van der Waals surface area contributed by atoms with Crippen molar-refractivity contribution in [2.45, 2.75) is 59.5 Å². The molecule has 1 fully saturated rings. The molecular weight excluding hydrogens is 216 g/mol. The number of thiazole rings is 1. The van der Waals surface area contributed by atoms with Crippen molar-refractivity contribution in [2.75, 3.05) is 0 Å². The minimum Gasteiger partial charge on any atom is -0.309 e. The maximum absolute atomic E-state index is 4.47. The fourth-order valence-corrected chi connectivity index (χ4v) is 3.55. The first-order chi connectivity index (χ1) is 7.49. The molecule has 0 amide bonds. The van der Waals surface area contributed by atoms with Gasteiger partial charge < -0.3 is 5.32 Å². The Morgan fingerprint density at radius 2 is 2.19 bits per heavy atom. The number of nitrogens with one attached hydrogen (secondary N) is 1. The molecule has 2 nitrogen and oxygen atoms in total. The highest BCUT2D eigenvalue weighted by Gasteiger charge is 2.33. The van der Waals surface area contributed by atoms with Crippen LogP contribution in [0.3, 0.4) is 0 Å². The Labute approximate surface area is 102 Å². The van der Waals surface area contributed by atoms with Crippen LogP contribution >= 0.6 is 11.3 Å². The second-order valence-corrected chi connectivity index (χ2v) is 6.84. The summed E-state index contributed by atoms with van der Waals surface area (Å²) in [6.45, 7) is 9.94. The zero-order valence-corrected chi connectivity index (χ0v) is 11.6. The first-order valence-electron chi connectivity index (χ1n) is 6.15. The van der Waals surface area contributed by atoms with Gasteiger partial charge in [-0.3, -0.25) is 0 Å². The summed E-state index contributed by atoms with van der Waals surface area (Å²) in [6.07, 6.45) is 4.04. The first-order valence-corrected chi connectivity index (χ1v) is 6.97.